The molecule has 0 radical (unpaired) electrons. The third-order valence-electron chi connectivity index (χ3n) is 1.92. The fourth-order valence-corrected chi connectivity index (χ4v) is 1.15. The Balaban J connectivity index is 3.19. The number of nitrogens with zero attached hydrogens (tertiary/aromatic N) is 1. The Labute approximate surface area is 82.1 Å². The predicted octanol–water partition coefficient (Wildman–Crippen LogP) is 1.22. The lowest BCUT2D eigenvalue weighted by Crippen LogP contribution is -2.22. The predicted molar refractivity (Wildman–Crippen MR) is 52.4 cm³/mol. The lowest BCUT2D eigenvalue weighted by Gasteiger charge is -2.10. The number of carbonyl (C=O) groups excluding carboxylic acids is 1. The Kier molecular flexibility index (Phi) is 3.06. The second-order valence-electron chi connectivity index (χ2n) is 3.25. The maximum atomic E-state index is 11.3. The highest BCUT2D eigenvalue weighted by molar-refractivity contribution is 5.88. The molecule has 1 heterocycles. The summed E-state index contributed by atoms with van der Waals surface area (Å²) < 4.78 is 6.05. The number of ether oxygens (including phenoxy) is 1. The van der Waals surface area contributed by atoms with Crippen LogP contribution >= 0.6 is 0 Å². The summed E-state index contributed by atoms with van der Waals surface area (Å²) in [5.41, 5.74) is 0.272. The van der Waals surface area contributed by atoms with Crippen molar-refractivity contribution in [3.05, 3.63) is 34.2 Å². The van der Waals surface area contributed by atoms with E-state index in [1.54, 1.807) is 0 Å². The minimum atomic E-state index is -0.431. The third-order valence-corrected chi connectivity index (χ3v) is 1.92. The van der Waals surface area contributed by atoms with Crippen LogP contribution in [0.2, 0.25) is 0 Å². The summed E-state index contributed by atoms with van der Waals surface area (Å²) in [6, 6.07) is 2.87. The van der Waals surface area contributed by atoms with E-state index in [0.717, 1.165) is 0 Å². The van der Waals surface area contributed by atoms with Gasteiger partial charge in [-0.2, -0.15) is 0 Å². The van der Waals surface area contributed by atoms with Crippen LogP contribution in [-0.2, 0) is 4.74 Å². The number of hydrogen-bond acceptors (Lipinski definition) is 3. The summed E-state index contributed by atoms with van der Waals surface area (Å²) in [5, 5.41) is 0. The number of rotatable bonds is 2. The minimum absolute atomic E-state index is 0.0344. The Hall–Kier alpha value is -1.58. The lowest BCUT2D eigenvalue weighted by atomic mass is 10.2. The molecule has 0 amide bonds. The van der Waals surface area contributed by atoms with Crippen LogP contribution in [0, 0.1) is 0 Å². The molecule has 4 heteroatoms. The van der Waals surface area contributed by atoms with E-state index in [4.69, 9.17) is 0 Å². The van der Waals surface area contributed by atoms with Gasteiger partial charge in [0, 0.05) is 18.3 Å². The van der Waals surface area contributed by atoms with Crippen LogP contribution in [-0.4, -0.2) is 17.6 Å². The molecule has 0 atom stereocenters. The quantitative estimate of drug-likeness (QED) is 0.666. The van der Waals surface area contributed by atoms with Crippen molar-refractivity contribution >= 4 is 5.97 Å². The summed E-state index contributed by atoms with van der Waals surface area (Å²) in [6.45, 7) is 3.75. The van der Waals surface area contributed by atoms with Gasteiger partial charge in [-0.3, -0.25) is 4.79 Å². The van der Waals surface area contributed by atoms with Gasteiger partial charge in [0.05, 0.1) is 12.7 Å². The molecule has 0 aliphatic heterocycles. The van der Waals surface area contributed by atoms with Crippen LogP contribution in [0.5, 0.6) is 0 Å². The number of hydrogen-bond donors (Lipinski definition) is 0. The molecule has 0 fully saturated rings. The summed E-state index contributed by atoms with van der Waals surface area (Å²) in [4.78, 5) is 22.5. The Morgan fingerprint density at radius 1 is 1.43 bits per heavy atom. The van der Waals surface area contributed by atoms with Gasteiger partial charge in [-0.15, -0.1) is 0 Å². The van der Waals surface area contributed by atoms with Crippen LogP contribution in [0.15, 0.2) is 23.1 Å². The highest BCUT2D eigenvalue weighted by Gasteiger charge is 2.08. The maximum Gasteiger partial charge on any atom is 0.339 e. The van der Waals surface area contributed by atoms with E-state index >= 15 is 0 Å². The average Bonchev–Trinajstić information content (AvgIpc) is 2.17. The average molecular weight is 195 g/mol. The van der Waals surface area contributed by atoms with Crippen molar-refractivity contribution in [2.45, 2.75) is 19.9 Å². The Morgan fingerprint density at radius 2 is 2.07 bits per heavy atom. The van der Waals surface area contributed by atoms with Gasteiger partial charge in [0.25, 0.3) is 5.56 Å². The van der Waals surface area contributed by atoms with Crippen LogP contribution in [0.25, 0.3) is 0 Å². The molecule has 0 aliphatic rings. The second kappa shape index (κ2) is 4.09. The molecule has 0 N–H and O–H groups in total. The highest BCUT2D eigenvalue weighted by Crippen LogP contribution is 2.03. The molecule has 0 bridgehead atoms. The first-order valence-electron chi connectivity index (χ1n) is 4.36. The summed E-state index contributed by atoms with van der Waals surface area (Å²) in [5.74, 6) is -0.431. The molecule has 1 aromatic rings. The first-order chi connectivity index (χ1) is 6.56. The zero-order valence-corrected chi connectivity index (χ0v) is 8.48. The lowest BCUT2D eigenvalue weighted by molar-refractivity contribution is 0.0599. The van der Waals surface area contributed by atoms with Crippen molar-refractivity contribution < 1.29 is 9.53 Å². The molecule has 0 unspecified atom stereocenters. The molecule has 1 aromatic heterocycles. The van der Waals surface area contributed by atoms with Gasteiger partial charge in [-0.05, 0) is 19.9 Å². The fraction of sp³-hybridized carbons (Fsp3) is 0.400. The molecule has 0 aliphatic carbocycles. The van der Waals surface area contributed by atoms with Crippen LogP contribution in [0.1, 0.15) is 30.2 Å². The standard InChI is InChI=1S/C10H13NO3/c1-7(2)11-6-8(10(13)14-3)4-5-9(11)12/h4-7H,1-3H3. The van der Waals surface area contributed by atoms with Crippen molar-refractivity contribution in [3.63, 3.8) is 0 Å². The first kappa shape index (κ1) is 10.5. The van der Waals surface area contributed by atoms with Crippen LogP contribution in [0.3, 0.4) is 0 Å². The zero-order valence-electron chi connectivity index (χ0n) is 8.48. The topological polar surface area (TPSA) is 48.3 Å². The SMILES string of the molecule is COC(=O)c1ccc(=O)n(C(C)C)c1. The zero-order chi connectivity index (χ0) is 10.7. The molecule has 1 rings (SSSR count). The van der Waals surface area contributed by atoms with E-state index in [1.807, 2.05) is 13.8 Å². The van der Waals surface area contributed by atoms with Crippen molar-refractivity contribution in [1.29, 1.82) is 0 Å². The van der Waals surface area contributed by atoms with Gasteiger partial charge >= 0.3 is 5.97 Å². The Bertz CT molecular complexity index is 393. The molecule has 4 nitrogen and oxygen atoms in total. The van der Waals surface area contributed by atoms with Crippen LogP contribution in [0.4, 0.5) is 0 Å². The largest absolute Gasteiger partial charge is 0.465 e. The Morgan fingerprint density at radius 3 is 2.57 bits per heavy atom. The smallest absolute Gasteiger partial charge is 0.339 e. The van der Waals surface area contributed by atoms with E-state index in [-0.39, 0.29) is 11.6 Å². The van der Waals surface area contributed by atoms with Crippen molar-refractivity contribution in [2.75, 3.05) is 7.11 Å². The van der Waals surface area contributed by atoms with Gasteiger partial charge in [-0.1, -0.05) is 0 Å². The van der Waals surface area contributed by atoms with Crippen molar-refractivity contribution in [3.8, 4) is 0 Å². The van der Waals surface area contributed by atoms with E-state index in [1.165, 1.54) is 30.0 Å². The van der Waals surface area contributed by atoms with E-state index in [9.17, 15) is 9.59 Å². The van der Waals surface area contributed by atoms with E-state index < -0.39 is 5.97 Å². The van der Waals surface area contributed by atoms with Gasteiger partial charge in [0.15, 0.2) is 0 Å². The van der Waals surface area contributed by atoms with E-state index in [0.29, 0.717) is 5.56 Å². The highest BCUT2D eigenvalue weighted by atomic mass is 16.5. The molecular formula is C10H13NO3. The molecule has 0 saturated carbocycles. The fourth-order valence-electron chi connectivity index (χ4n) is 1.15. The second-order valence-corrected chi connectivity index (χ2v) is 3.25. The molecular weight excluding hydrogens is 182 g/mol. The molecule has 76 valence electrons. The summed E-state index contributed by atoms with van der Waals surface area (Å²) in [6.07, 6.45) is 1.51. The third kappa shape index (κ3) is 2.02. The molecule has 0 aromatic carbocycles. The van der Waals surface area contributed by atoms with Gasteiger partial charge < -0.3 is 9.30 Å². The number of carbonyl (C=O) groups is 1. The van der Waals surface area contributed by atoms with Gasteiger partial charge in [0.2, 0.25) is 0 Å². The number of aromatic nitrogens is 1. The van der Waals surface area contributed by atoms with Crippen molar-refractivity contribution in [1.82, 2.24) is 4.57 Å². The number of esters is 1. The van der Waals surface area contributed by atoms with Gasteiger partial charge in [0.1, 0.15) is 0 Å². The summed E-state index contributed by atoms with van der Waals surface area (Å²) in [7, 11) is 1.31. The number of pyridine rings is 1. The van der Waals surface area contributed by atoms with Crippen LogP contribution < -0.4 is 5.56 Å². The first-order valence-corrected chi connectivity index (χ1v) is 4.36. The molecule has 0 saturated heterocycles. The van der Waals surface area contributed by atoms with Crippen molar-refractivity contribution in [2.24, 2.45) is 0 Å². The summed E-state index contributed by atoms with van der Waals surface area (Å²) >= 11 is 0. The minimum Gasteiger partial charge on any atom is -0.465 e. The number of methoxy groups -OCH3 is 1. The monoisotopic (exact) mass is 195 g/mol. The normalized spacial score (nSPS) is 10.3. The maximum absolute atomic E-state index is 11.3. The van der Waals surface area contributed by atoms with Gasteiger partial charge in [-0.25, -0.2) is 4.79 Å². The van der Waals surface area contributed by atoms with E-state index in [2.05, 4.69) is 4.74 Å². The molecule has 0 spiro atoms. The molecule has 14 heavy (non-hydrogen) atoms.